The van der Waals surface area contributed by atoms with Crippen molar-refractivity contribution < 1.29 is 4.92 Å². The van der Waals surface area contributed by atoms with Crippen molar-refractivity contribution in [2.45, 2.75) is 0 Å². The predicted molar refractivity (Wildman–Crippen MR) is 49.0 cm³/mol. The van der Waals surface area contributed by atoms with Gasteiger partial charge in [-0.3, -0.25) is 10.1 Å². The zero-order chi connectivity index (χ0) is 9.84. The molecule has 68 valence electrons. The van der Waals surface area contributed by atoms with Crippen LogP contribution in [0, 0.1) is 10.1 Å². The normalized spacial score (nSPS) is 9.62. The summed E-state index contributed by atoms with van der Waals surface area (Å²) < 4.78 is 0. The van der Waals surface area contributed by atoms with Crippen LogP contribution in [0.3, 0.4) is 0 Å². The van der Waals surface area contributed by atoms with Crippen molar-refractivity contribution in [1.29, 1.82) is 0 Å². The Labute approximate surface area is 75.0 Å². The fourth-order valence-corrected chi connectivity index (χ4v) is 0.808. The van der Waals surface area contributed by atoms with Gasteiger partial charge in [0, 0.05) is 12.6 Å². The molecule has 1 rings (SSSR count). The Hall–Kier alpha value is -1.75. The van der Waals surface area contributed by atoms with Crippen LogP contribution in [0.25, 0.3) is 5.57 Å². The minimum atomic E-state index is -0.498. The number of hydrogen-bond acceptors (Lipinski definition) is 4. The van der Waals surface area contributed by atoms with Gasteiger partial charge in [-0.05, 0) is 11.6 Å². The molecule has 0 aliphatic carbocycles. The summed E-state index contributed by atoms with van der Waals surface area (Å²) >= 11 is 0. The Morgan fingerprint density at radius 3 is 2.77 bits per heavy atom. The molecule has 0 aromatic carbocycles. The lowest BCUT2D eigenvalue weighted by molar-refractivity contribution is -0.385. The van der Waals surface area contributed by atoms with Gasteiger partial charge in [0.05, 0.1) is 10.6 Å². The maximum Gasteiger partial charge on any atom is 0.287 e. The van der Waals surface area contributed by atoms with Gasteiger partial charge < -0.3 is 5.73 Å². The molecule has 0 saturated heterocycles. The predicted octanol–water partition coefficient (Wildman–Crippen LogP) is 0.962. The van der Waals surface area contributed by atoms with Crippen LogP contribution in [0.1, 0.15) is 5.69 Å². The van der Waals surface area contributed by atoms with Crippen LogP contribution in [0.2, 0.25) is 0 Å². The molecule has 1 aromatic rings. The number of hydrogen-bond donors (Lipinski definition) is 1. The number of nitro groups is 1. The Balaban J connectivity index is 2.93. The zero-order valence-corrected chi connectivity index (χ0v) is 6.93. The smallest absolute Gasteiger partial charge is 0.287 e. The molecule has 0 radical (unpaired) electrons. The van der Waals surface area contributed by atoms with Crippen LogP contribution in [-0.4, -0.2) is 16.5 Å². The topological polar surface area (TPSA) is 82.0 Å². The van der Waals surface area contributed by atoms with E-state index in [1.165, 1.54) is 18.3 Å². The van der Waals surface area contributed by atoms with Crippen LogP contribution in [0.15, 0.2) is 24.9 Å². The molecule has 0 bridgehead atoms. The average Bonchev–Trinajstić information content (AvgIpc) is 2.17. The zero-order valence-electron chi connectivity index (χ0n) is 6.93. The van der Waals surface area contributed by atoms with Crippen molar-refractivity contribution in [1.82, 2.24) is 4.98 Å². The number of pyridine rings is 1. The van der Waals surface area contributed by atoms with Crippen molar-refractivity contribution in [3.63, 3.8) is 0 Å². The highest BCUT2D eigenvalue weighted by molar-refractivity contribution is 5.61. The molecule has 13 heavy (non-hydrogen) atoms. The van der Waals surface area contributed by atoms with Gasteiger partial charge in [0.1, 0.15) is 6.20 Å². The van der Waals surface area contributed by atoms with Gasteiger partial charge in [-0.25, -0.2) is 4.98 Å². The van der Waals surface area contributed by atoms with Crippen LogP contribution < -0.4 is 5.73 Å². The first-order valence-corrected chi connectivity index (χ1v) is 3.64. The monoisotopic (exact) mass is 179 g/mol. The molecule has 0 spiro atoms. The lowest BCUT2D eigenvalue weighted by atomic mass is 10.2. The SMILES string of the molecule is C=C(CN)c1ccc([N+](=O)[O-])cn1. The van der Waals surface area contributed by atoms with E-state index in [-0.39, 0.29) is 5.69 Å². The molecular formula is C8H9N3O2. The molecule has 0 fully saturated rings. The maximum absolute atomic E-state index is 10.3. The van der Waals surface area contributed by atoms with Gasteiger partial charge in [-0.1, -0.05) is 6.58 Å². The Morgan fingerprint density at radius 2 is 2.38 bits per heavy atom. The highest BCUT2D eigenvalue weighted by atomic mass is 16.6. The molecule has 2 N–H and O–H groups in total. The summed E-state index contributed by atoms with van der Waals surface area (Å²) in [6.07, 6.45) is 1.19. The summed E-state index contributed by atoms with van der Waals surface area (Å²) in [5.41, 5.74) is 6.55. The van der Waals surface area contributed by atoms with Crippen molar-refractivity contribution in [3.8, 4) is 0 Å². The van der Waals surface area contributed by atoms with Crippen LogP contribution in [0.5, 0.6) is 0 Å². The molecular weight excluding hydrogens is 170 g/mol. The van der Waals surface area contributed by atoms with E-state index >= 15 is 0 Å². The maximum atomic E-state index is 10.3. The highest BCUT2D eigenvalue weighted by Gasteiger charge is 2.05. The fraction of sp³-hybridized carbons (Fsp3) is 0.125. The van der Waals surface area contributed by atoms with E-state index in [9.17, 15) is 10.1 Å². The molecule has 0 aliphatic heterocycles. The van der Waals surface area contributed by atoms with E-state index in [1.54, 1.807) is 0 Å². The third kappa shape index (κ3) is 2.09. The summed E-state index contributed by atoms with van der Waals surface area (Å²) in [6.45, 7) is 3.96. The summed E-state index contributed by atoms with van der Waals surface area (Å²) in [5.74, 6) is 0. The van der Waals surface area contributed by atoms with Gasteiger partial charge >= 0.3 is 0 Å². The second kappa shape index (κ2) is 3.77. The van der Waals surface area contributed by atoms with Crippen LogP contribution >= 0.6 is 0 Å². The first-order chi connectivity index (χ1) is 6.15. The summed E-state index contributed by atoms with van der Waals surface area (Å²) in [7, 11) is 0. The lowest BCUT2D eigenvalue weighted by Gasteiger charge is -1.99. The quantitative estimate of drug-likeness (QED) is 0.553. The third-order valence-corrected chi connectivity index (χ3v) is 1.57. The van der Waals surface area contributed by atoms with Crippen LogP contribution in [0.4, 0.5) is 5.69 Å². The van der Waals surface area contributed by atoms with Gasteiger partial charge in [0.2, 0.25) is 0 Å². The summed E-state index contributed by atoms with van der Waals surface area (Å²) in [5, 5.41) is 10.3. The Morgan fingerprint density at radius 1 is 1.69 bits per heavy atom. The first kappa shape index (κ1) is 9.34. The van der Waals surface area contributed by atoms with Gasteiger partial charge in [0.15, 0.2) is 0 Å². The van der Waals surface area contributed by atoms with Crippen molar-refractivity contribution in [2.24, 2.45) is 5.73 Å². The molecule has 0 unspecified atom stereocenters. The van der Waals surface area contributed by atoms with E-state index in [1.807, 2.05) is 0 Å². The van der Waals surface area contributed by atoms with Gasteiger partial charge in [-0.15, -0.1) is 0 Å². The largest absolute Gasteiger partial charge is 0.326 e. The van der Waals surface area contributed by atoms with E-state index in [2.05, 4.69) is 11.6 Å². The highest BCUT2D eigenvalue weighted by Crippen LogP contribution is 2.12. The molecule has 0 saturated carbocycles. The lowest BCUT2D eigenvalue weighted by Crippen LogP contribution is -2.02. The Bertz CT molecular complexity index is 332. The molecule has 0 aliphatic rings. The second-order valence-corrected chi connectivity index (χ2v) is 2.47. The van der Waals surface area contributed by atoms with E-state index in [0.717, 1.165) is 0 Å². The van der Waals surface area contributed by atoms with E-state index < -0.39 is 4.92 Å². The Kier molecular flexibility index (Phi) is 2.71. The number of nitrogens with two attached hydrogens (primary N) is 1. The third-order valence-electron chi connectivity index (χ3n) is 1.57. The van der Waals surface area contributed by atoms with Gasteiger partial charge in [0.25, 0.3) is 5.69 Å². The van der Waals surface area contributed by atoms with E-state index in [0.29, 0.717) is 17.8 Å². The van der Waals surface area contributed by atoms with Crippen LogP contribution in [-0.2, 0) is 0 Å². The van der Waals surface area contributed by atoms with Crippen molar-refractivity contribution in [3.05, 3.63) is 40.7 Å². The van der Waals surface area contributed by atoms with Crippen molar-refractivity contribution >= 4 is 11.3 Å². The molecule has 1 aromatic heterocycles. The molecule has 5 nitrogen and oxygen atoms in total. The number of rotatable bonds is 3. The number of aromatic nitrogens is 1. The van der Waals surface area contributed by atoms with Crippen molar-refractivity contribution in [2.75, 3.05) is 6.54 Å². The fourth-order valence-electron chi connectivity index (χ4n) is 0.808. The minimum Gasteiger partial charge on any atom is -0.326 e. The number of nitrogens with zero attached hydrogens (tertiary/aromatic N) is 2. The molecule has 0 atom stereocenters. The summed E-state index contributed by atoms with van der Waals surface area (Å²) in [4.78, 5) is 13.6. The molecule has 0 amide bonds. The molecule has 1 heterocycles. The first-order valence-electron chi connectivity index (χ1n) is 3.64. The average molecular weight is 179 g/mol. The standard InChI is InChI=1S/C8H9N3O2/c1-6(4-9)8-3-2-7(5-10-8)11(12)13/h2-3,5H,1,4,9H2. The molecule has 5 heteroatoms. The minimum absolute atomic E-state index is 0.0337. The second-order valence-electron chi connectivity index (χ2n) is 2.47. The van der Waals surface area contributed by atoms with Gasteiger partial charge in [-0.2, -0.15) is 0 Å². The van der Waals surface area contributed by atoms with E-state index in [4.69, 9.17) is 5.73 Å². The summed E-state index contributed by atoms with van der Waals surface area (Å²) in [6, 6.07) is 2.91.